The second-order valence-electron chi connectivity index (χ2n) is 9.65. The topological polar surface area (TPSA) is 83.0 Å². The maximum absolute atomic E-state index is 13.5. The summed E-state index contributed by atoms with van der Waals surface area (Å²) in [6.07, 6.45) is 1.95. The Balaban J connectivity index is 1.93. The number of aromatic nitrogens is 1. The van der Waals surface area contributed by atoms with Gasteiger partial charge in [0.2, 0.25) is 5.88 Å². The molecule has 1 aliphatic rings. The summed E-state index contributed by atoms with van der Waals surface area (Å²) in [6, 6.07) is 10.4. The minimum absolute atomic E-state index is 0.107. The Hall–Kier alpha value is -3.37. The third-order valence-electron chi connectivity index (χ3n) is 6.09. The van der Waals surface area contributed by atoms with E-state index in [1.165, 1.54) is 0 Å². The van der Waals surface area contributed by atoms with Crippen molar-refractivity contribution < 1.29 is 19.4 Å². The Labute approximate surface area is 208 Å². The van der Waals surface area contributed by atoms with E-state index in [0.717, 1.165) is 6.42 Å². The number of hydrogen-bond donors (Lipinski definition) is 1. The minimum atomic E-state index is -0.404. The number of pyridine rings is 1. The molecule has 0 saturated carbocycles. The van der Waals surface area contributed by atoms with E-state index in [0.29, 0.717) is 35.7 Å². The highest BCUT2D eigenvalue weighted by Crippen LogP contribution is 2.27. The van der Waals surface area contributed by atoms with Crippen molar-refractivity contribution in [2.75, 3.05) is 26.7 Å². The number of nitrogens with zero attached hydrogens (tertiary/aromatic N) is 3. The van der Waals surface area contributed by atoms with Gasteiger partial charge < -0.3 is 19.6 Å². The Kier molecular flexibility index (Phi) is 8.89. The van der Waals surface area contributed by atoms with Crippen LogP contribution < -0.4 is 4.74 Å². The van der Waals surface area contributed by atoms with Crippen LogP contribution in [0.4, 0.5) is 0 Å². The number of carbonyl (C=O) groups is 2. The summed E-state index contributed by atoms with van der Waals surface area (Å²) in [5.41, 5.74) is 1.55. The van der Waals surface area contributed by atoms with Gasteiger partial charge in [-0.25, -0.2) is 4.98 Å². The molecule has 3 rings (SSSR count). The third-order valence-corrected chi connectivity index (χ3v) is 6.09. The number of fused-ring (bicyclic) bond motifs is 1. The number of benzene rings is 1. The molecule has 7 nitrogen and oxygen atoms in total. The quantitative estimate of drug-likeness (QED) is 0.644. The van der Waals surface area contributed by atoms with Gasteiger partial charge in [0, 0.05) is 43.3 Å². The van der Waals surface area contributed by atoms with Gasteiger partial charge in [-0.3, -0.25) is 9.59 Å². The minimum Gasteiger partial charge on any atom is -0.472 e. The summed E-state index contributed by atoms with van der Waals surface area (Å²) in [5.74, 6) is 6.41. The first-order chi connectivity index (χ1) is 16.7. The van der Waals surface area contributed by atoms with Crippen molar-refractivity contribution >= 4 is 11.8 Å². The third kappa shape index (κ3) is 6.61. The Bertz CT molecular complexity index is 1090. The second kappa shape index (κ2) is 11.9. The van der Waals surface area contributed by atoms with Crippen LogP contribution in [0.5, 0.6) is 5.88 Å². The number of amides is 2. The molecular formula is C28H35N3O4. The molecule has 0 saturated heterocycles. The molecule has 35 heavy (non-hydrogen) atoms. The van der Waals surface area contributed by atoms with Gasteiger partial charge in [-0.2, -0.15) is 0 Å². The van der Waals surface area contributed by atoms with Gasteiger partial charge in [0.15, 0.2) is 0 Å². The molecule has 1 aromatic carbocycles. The fourth-order valence-corrected chi connectivity index (χ4v) is 3.90. The Morgan fingerprint density at radius 3 is 2.66 bits per heavy atom. The van der Waals surface area contributed by atoms with E-state index in [1.54, 1.807) is 41.2 Å². The van der Waals surface area contributed by atoms with Crippen molar-refractivity contribution in [3.63, 3.8) is 0 Å². The van der Waals surface area contributed by atoms with Gasteiger partial charge in [-0.05, 0) is 31.0 Å². The zero-order chi connectivity index (χ0) is 25.5. The monoisotopic (exact) mass is 477 g/mol. The van der Waals surface area contributed by atoms with Gasteiger partial charge in [-0.1, -0.05) is 50.8 Å². The molecule has 0 unspecified atom stereocenters. The van der Waals surface area contributed by atoms with Crippen LogP contribution in [0.3, 0.4) is 0 Å². The predicted octanol–water partition coefficient (Wildman–Crippen LogP) is 3.47. The molecule has 3 atom stereocenters. The van der Waals surface area contributed by atoms with Gasteiger partial charge in [0.05, 0.1) is 19.2 Å². The summed E-state index contributed by atoms with van der Waals surface area (Å²) in [7, 11) is 1.74. The normalized spacial score (nSPS) is 18.5. The first kappa shape index (κ1) is 26.2. The SMILES string of the molecule is CC(C)CC#Cc1cnc2c(c1)C(=O)N([C@@H](C)CO)C[C@@H](C)[C@H](CN(C)C(=O)c1ccccc1)O2. The van der Waals surface area contributed by atoms with E-state index in [-0.39, 0.29) is 36.3 Å². The van der Waals surface area contributed by atoms with Crippen LogP contribution in [0, 0.1) is 23.7 Å². The molecule has 1 aromatic heterocycles. The van der Waals surface area contributed by atoms with E-state index in [1.807, 2.05) is 32.0 Å². The van der Waals surface area contributed by atoms with Gasteiger partial charge in [0.25, 0.3) is 11.8 Å². The van der Waals surface area contributed by atoms with E-state index < -0.39 is 6.10 Å². The summed E-state index contributed by atoms with van der Waals surface area (Å²) < 4.78 is 6.27. The number of hydrogen-bond acceptors (Lipinski definition) is 5. The number of carbonyl (C=O) groups excluding carboxylic acids is 2. The molecule has 2 aromatic rings. The Morgan fingerprint density at radius 2 is 2.00 bits per heavy atom. The maximum Gasteiger partial charge on any atom is 0.259 e. The van der Waals surface area contributed by atoms with Crippen molar-refractivity contribution in [3.8, 4) is 17.7 Å². The van der Waals surface area contributed by atoms with E-state index in [2.05, 4.69) is 30.7 Å². The lowest BCUT2D eigenvalue weighted by Gasteiger charge is -2.37. The molecule has 2 heterocycles. The second-order valence-corrected chi connectivity index (χ2v) is 9.65. The van der Waals surface area contributed by atoms with Crippen molar-refractivity contribution in [1.82, 2.24) is 14.8 Å². The summed E-state index contributed by atoms with van der Waals surface area (Å²) >= 11 is 0. The smallest absolute Gasteiger partial charge is 0.259 e. The number of rotatable bonds is 6. The van der Waals surface area contributed by atoms with Crippen LogP contribution in [-0.4, -0.2) is 70.6 Å². The first-order valence-electron chi connectivity index (χ1n) is 12.1. The molecule has 0 fully saturated rings. The fraction of sp³-hybridized carbons (Fsp3) is 0.464. The molecular weight excluding hydrogens is 442 g/mol. The van der Waals surface area contributed by atoms with Crippen LogP contribution in [0.25, 0.3) is 0 Å². The lowest BCUT2D eigenvalue weighted by Crippen LogP contribution is -2.50. The largest absolute Gasteiger partial charge is 0.472 e. The van der Waals surface area contributed by atoms with Crippen molar-refractivity contribution in [2.24, 2.45) is 11.8 Å². The van der Waals surface area contributed by atoms with Crippen LogP contribution in [-0.2, 0) is 0 Å². The van der Waals surface area contributed by atoms with Gasteiger partial charge in [-0.15, -0.1) is 0 Å². The van der Waals surface area contributed by atoms with Crippen LogP contribution in [0.2, 0.25) is 0 Å². The van der Waals surface area contributed by atoms with Crippen molar-refractivity contribution in [3.05, 3.63) is 59.3 Å². The number of aliphatic hydroxyl groups excluding tert-OH is 1. The number of aliphatic hydroxyl groups is 1. The van der Waals surface area contributed by atoms with Crippen LogP contribution in [0.1, 0.15) is 60.4 Å². The molecule has 0 aliphatic carbocycles. The van der Waals surface area contributed by atoms with E-state index in [4.69, 9.17) is 4.74 Å². The summed E-state index contributed by atoms with van der Waals surface area (Å²) in [5, 5.41) is 9.82. The highest BCUT2D eigenvalue weighted by atomic mass is 16.5. The summed E-state index contributed by atoms with van der Waals surface area (Å²) in [4.78, 5) is 34.1. The molecule has 7 heteroatoms. The van der Waals surface area contributed by atoms with Crippen molar-refractivity contribution in [1.29, 1.82) is 0 Å². The fourth-order valence-electron chi connectivity index (χ4n) is 3.90. The highest BCUT2D eigenvalue weighted by molar-refractivity contribution is 5.97. The average Bonchev–Trinajstić information content (AvgIpc) is 2.85. The summed E-state index contributed by atoms with van der Waals surface area (Å²) in [6.45, 7) is 8.52. The molecule has 0 radical (unpaired) electrons. The molecule has 1 N–H and O–H groups in total. The van der Waals surface area contributed by atoms with Crippen LogP contribution in [0.15, 0.2) is 42.6 Å². The highest BCUT2D eigenvalue weighted by Gasteiger charge is 2.34. The van der Waals surface area contributed by atoms with E-state index >= 15 is 0 Å². The molecule has 2 amide bonds. The number of ether oxygens (including phenoxy) is 1. The van der Waals surface area contributed by atoms with Gasteiger partial charge >= 0.3 is 0 Å². The van der Waals surface area contributed by atoms with Crippen LogP contribution >= 0.6 is 0 Å². The zero-order valence-corrected chi connectivity index (χ0v) is 21.2. The standard InChI is InChI=1S/C28H35N3O4/c1-19(2)10-9-11-22-14-24-26(29-15-22)35-25(20(3)16-31(28(24)34)21(4)18-32)17-30(5)27(33)23-12-7-6-8-13-23/h6-8,12-15,19-21,25,32H,10,16-18H2,1-5H3/t20-,21+,25+/m1/s1. The lowest BCUT2D eigenvalue weighted by molar-refractivity contribution is 0.0313. The maximum atomic E-state index is 13.5. The molecule has 186 valence electrons. The molecule has 1 aliphatic heterocycles. The van der Waals surface area contributed by atoms with Gasteiger partial charge in [0.1, 0.15) is 11.7 Å². The number of likely N-dealkylation sites (N-methyl/N-ethyl adjacent to an activating group) is 1. The average molecular weight is 478 g/mol. The lowest BCUT2D eigenvalue weighted by atomic mass is 9.99. The Morgan fingerprint density at radius 1 is 1.29 bits per heavy atom. The predicted molar refractivity (Wildman–Crippen MR) is 135 cm³/mol. The van der Waals surface area contributed by atoms with E-state index in [9.17, 15) is 14.7 Å². The first-order valence-corrected chi connectivity index (χ1v) is 12.1. The van der Waals surface area contributed by atoms with Crippen molar-refractivity contribution in [2.45, 2.75) is 46.3 Å². The molecule has 0 bridgehead atoms. The zero-order valence-electron chi connectivity index (χ0n) is 21.2. The molecule has 0 spiro atoms.